The molecule has 0 radical (unpaired) electrons. The molecule has 4 heteroatoms. The van der Waals surface area contributed by atoms with E-state index >= 15 is 0 Å². The number of nitrogens with one attached hydrogen (secondary N) is 1. The van der Waals surface area contributed by atoms with Gasteiger partial charge in [0.15, 0.2) is 5.82 Å². The van der Waals surface area contributed by atoms with E-state index in [0.717, 1.165) is 23.9 Å². The van der Waals surface area contributed by atoms with Gasteiger partial charge in [0, 0.05) is 24.7 Å². The summed E-state index contributed by atoms with van der Waals surface area (Å²) in [5.74, 6) is -0.227. The van der Waals surface area contributed by atoms with Crippen LogP contribution >= 0.6 is 0 Å². The maximum atomic E-state index is 14.1. The number of nitrogens with zero attached hydrogens (tertiary/aromatic N) is 2. The van der Waals surface area contributed by atoms with Crippen molar-refractivity contribution in [3.63, 3.8) is 0 Å². The number of fused-ring (bicyclic) bond motifs is 1. The molecule has 1 N–H and O–H groups in total. The second kappa shape index (κ2) is 4.59. The third-order valence-electron chi connectivity index (χ3n) is 3.99. The van der Waals surface area contributed by atoms with E-state index in [4.69, 9.17) is 0 Å². The van der Waals surface area contributed by atoms with Crippen LogP contribution < -0.4 is 4.90 Å². The van der Waals surface area contributed by atoms with Crippen LogP contribution in [0.2, 0.25) is 0 Å². The molecule has 1 saturated carbocycles. The highest BCUT2D eigenvalue weighted by Gasteiger charge is 2.22. The summed E-state index contributed by atoms with van der Waals surface area (Å²) in [6.45, 7) is 0. The number of pyridine rings is 1. The molecule has 1 fully saturated rings. The van der Waals surface area contributed by atoms with Gasteiger partial charge in [0.05, 0.1) is 11.9 Å². The molecule has 0 atom stereocenters. The molecule has 2 heterocycles. The standard InChI is InChI=1S/C14H18FN3/c1-18(10-5-3-2-4-6-10)13-11-7-8-16-14(11)17-9-12(13)15/h7-10H,2-6H2,1H3,(H,16,17). The first-order valence-corrected chi connectivity index (χ1v) is 6.62. The molecule has 1 aliphatic carbocycles. The topological polar surface area (TPSA) is 31.9 Å². The van der Waals surface area contributed by atoms with E-state index in [0.29, 0.717) is 11.7 Å². The van der Waals surface area contributed by atoms with Crippen LogP contribution in [0.25, 0.3) is 11.0 Å². The van der Waals surface area contributed by atoms with Crippen molar-refractivity contribution in [3.8, 4) is 0 Å². The lowest BCUT2D eigenvalue weighted by atomic mass is 9.94. The second-order valence-corrected chi connectivity index (χ2v) is 5.10. The Morgan fingerprint density at radius 1 is 1.33 bits per heavy atom. The highest BCUT2D eigenvalue weighted by molar-refractivity contribution is 5.90. The highest BCUT2D eigenvalue weighted by Crippen LogP contribution is 2.32. The van der Waals surface area contributed by atoms with E-state index in [1.54, 1.807) is 0 Å². The summed E-state index contributed by atoms with van der Waals surface area (Å²) in [5.41, 5.74) is 1.45. The van der Waals surface area contributed by atoms with E-state index in [9.17, 15) is 4.39 Å². The van der Waals surface area contributed by atoms with Crippen molar-refractivity contribution in [1.82, 2.24) is 9.97 Å². The maximum absolute atomic E-state index is 14.1. The third kappa shape index (κ3) is 1.85. The van der Waals surface area contributed by atoms with Gasteiger partial charge in [-0.15, -0.1) is 0 Å². The lowest BCUT2D eigenvalue weighted by Crippen LogP contribution is -2.34. The van der Waals surface area contributed by atoms with Crippen molar-refractivity contribution in [3.05, 3.63) is 24.3 Å². The van der Waals surface area contributed by atoms with Crippen molar-refractivity contribution in [1.29, 1.82) is 0 Å². The first-order valence-electron chi connectivity index (χ1n) is 6.62. The van der Waals surface area contributed by atoms with Crippen LogP contribution in [0, 0.1) is 5.82 Å². The molecular formula is C14H18FN3. The predicted molar refractivity (Wildman–Crippen MR) is 71.3 cm³/mol. The smallest absolute Gasteiger partial charge is 0.165 e. The summed E-state index contributed by atoms with van der Waals surface area (Å²) in [7, 11) is 2.00. The molecule has 0 bridgehead atoms. The lowest BCUT2D eigenvalue weighted by Gasteiger charge is -2.33. The molecule has 0 amide bonds. The molecule has 0 saturated heterocycles. The number of aromatic nitrogens is 2. The minimum absolute atomic E-state index is 0.227. The van der Waals surface area contributed by atoms with Gasteiger partial charge >= 0.3 is 0 Å². The first-order chi connectivity index (χ1) is 8.77. The van der Waals surface area contributed by atoms with Crippen molar-refractivity contribution >= 4 is 16.7 Å². The van der Waals surface area contributed by atoms with Gasteiger partial charge < -0.3 is 9.88 Å². The molecule has 3 nitrogen and oxygen atoms in total. The van der Waals surface area contributed by atoms with Crippen LogP contribution in [0.5, 0.6) is 0 Å². The zero-order valence-corrected chi connectivity index (χ0v) is 10.6. The molecule has 0 aliphatic heterocycles. The minimum Gasteiger partial charge on any atom is -0.369 e. The molecule has 0 spiro atoms. The van der Waals surface area contributed by atoms with E-state index in [1.807, 2.05) is 19.3 Å². The van der Waals surface area contributed by atoms with E-state index in [-0.39, 0.29) is 5.82 Å². The van der Waals surface area contributed by atoms with Crippen LogP contribution in [0.1, 0.15) is 32.1 Å². The average molecular weight is 247 g/mol. The molecule has 2 aromatic heterocycles. The first kappa shape index (κ1) is 11.5. The SMILES string of the molecule is CN(c1c(F)cnc2[nH]ccc12)C1CCCCC1. The Morgan fingerprint density at radius 3 is 2.89 bits per heavy atom. The summed E-state index contributed by atoms with van der Waals surface area (Å²) in [6, 6.07) is 2.36. The molecule has 3 rings (SSSR count). The molecule has 2 aromatic rings. The van der Waals surface area contributed by atoms with Crippen molar-refractivity contribution in [2.45, 2.75) is 38.1 Å². The zero-order valence-electron chi connectivity index (χ0n) is 10.6. The number of H-pyrrole nitrogens is 1. The summed E-state index contributed by atoms with van der Waals surface area (Å²) in [4.78, 5) is 9.22. The Kier molecular flexibility index (Phi) is 2.94. The van der Waals surface area contributed by atoms with E-state index in [1.165, 1.54) is 25.5 Å². The van der Waals surface area contributed by atoms with Gasteiger partial charge in [0.2, 0.25) is 0 Å². The molecule has 18 heavy (non-hydrogen) atoms. The Bertz CT molecular complexity index is 543. The number of rotatable bonds is 2. The van der Waals surface area contributed by atoms with Gasteiger partial charge in [0.25, 0.3) is 0 Å². The van der Waals surface area contributed by atoms with Crippen molar-refractivity contribution < 1.29 is 4.39 Å². The zero-order chi connectivity index (χ0) is 12.5. The molecule has 96 valence electrons. The fourth-order valence-electron chi connectivity index (χ4n) is 2.98. The maximum Gasteiger partial charge on any atom is 0.165 e. The van der Waals surface area contributed by atoms with Gasteiger partial charge in [-0.3, -0.25) is 0 Å². The number of hydrogen-bond donors (Lipinski definition) is 1. The largest absolute Gasteiger partial charge is 0.369 e. The van der Waals surface area contributed by atoms with E-state index in [2.05, 4.69) is 14.9 Å². The van der Waals surface area contributed by atoms with Crippen LogP contribution in [0.15, 0.2) is 18.5 Å². The molecule has 0 unspecified atom stereocenters. The van der Waals surface area contributed by atoms with Gasteiger partial charge in [-0.1, -0.05) is 19.3 Å². The van der Waals surface area contributed by atoms with Crippen molar-refractivity contribution in [2.24, 2.45) is 0 Å². The number of anilines is 1. The lowest BCUT2D eigenvalue weighted by molar-refractivity contribution is 0.425. The monoisotopic (exact) mass is 247 g/mol. The Labute approximate surface area is 106 Å². The predicted octanol–water partition coefficient (Wildman–Crippen LogP) is 3.47. The minimum atomic E-state index is -0.227. The molecule has 1 aliphatic rings. The fraction of sp³-hybridized carbons (Fsp3) is 0.500. The fourth-order valence-corrected chi connectivity index (χ4v) is 2.98. The second-order valence-electron chi connectivity index (χ2n) is 5.10. The van der Waals surface area contributed by atoms with Gasteiger partial charge in [-0.05, 0) is 18.9 Å². The summed E-state index contributed by atoms with van der Waals surface area (Å²) < 4.78 is 14.1. The summed E-state index contributed by atoms with van der Waals surface area (Å²) >= 11 is 0. The van der Waals surface area contributed by atoms with Crippen molar-refractivity contribution in [2.75, 3.05) is 11.9 Å². The number of halogens is 1. The average Bonchev–Trinajstić information content (AvgIpc) is 2.87. The van der Waals surface area contributed by atoms with Gasteiger partial charge in [-0.2, -0.15) is 0 Å². The normalized spacial score (nSPS) is 17.2. The third-order valence-corrected chi connectivity index (χ3v) is 3.99. The Hall–Kier alpha value is -1.58. The summed E-state index contributed by atoms with van der Waals surface area (Å²) in [6.07, 6.45) is 9.25. The van der Waals surface area contributed by atoms with Gasteiger partial charge in [0.1, 0.15) is 5.65 Å². The number of aromatic amines is 1. The number of hydrogen-bond acceptors (Lipinski definition) is 2. The van der Waals surface area contributed by atoms with Crippen LogP contribution in [-0.4, -0.2) is 23.1 Å². The Morgan fingerprint density at radius 2 is 2.11 bits per heavy atom. The quantitative estimate of drug-likeness (QED) is 0.881. The van der Waals surface area contributed by atoms with E-state index < -0.39 is 0 Å². The molecule has 0 aromatic carbocycles. The Balaban J connectivity index is 2.01. The highest BCUT2D eigenvalue weighted by atomic mass is 19.1. The van der Waals surface area contributed by atoms with Crippen LogP contribution in [-0.2, 0) is 0 Å². The summed E-state index contributed by atoms with van der Waals surface area (Å²) in [5, 5.41) is 0.878. The van der Waals surface area contributed by atoms with Gasteiger partial charge in [-0.25, -0.2) is 9.37 Å². The molecular weight excluding hydrogens is 229 g/mol. The van der Waals surface area contributed by atoms with Crippen LogP contribution in [0.4, 0.5) is 10.1 Å². The van der Waals surface area contributed by atoms with Crippen LogP contribution in [0.3, 0.4) is 0 Å².